The van der Waals surface area contributed by atoms with Gasteiger partial charge in [-0.05, 0) is 45.3 Å². The van der Waals surface area contributed by atoms with E-state index in [0.29, 0.717) is 24.9 Å². The molecular weight excluding hydrogens is 500 g/mol. The minimum Gasteiger partial charge on any atom is -0.458 e. The Bertz CT molecular complexity index is 1540. The van der Waals surface area contributed by atoms with Crippen molar-refractivity contribution in [2.24, 2.45) is 5.92 Å². The van der Waals surface area contributed by atoms with E-state index < -0.39 is 0 Å². The summed E-state index contributed by atoms with van der Waals surface area (Å²) in [6.07, 6.45) is 9.60. The second-order valence-corrected chi connectivity index (χ2v) is 11.7. The van der Waals surface area contributed by atoms with Crippen LogP contribution in [0.4, 0.5) is 11.5 Å². The number of aromatic nitrogens is 3. The maximum Gasteiger partial charge on any atom is 0.319 e. The average molecular weight is 537 g/mol. The number of allylic oxidation sites excluding steroid dienone is 1. The lowest BCUT2D eigenvalue weighted by Crippen LogP contribution is -2.38. The van der Waals surface area contributed by atoms with Crippen molar-refractivity contribution < 1.29 is 4.74 Å². The van der Waals surface area contributed by atoms with Crippen LogP contribution in [0.15, 0.2) is 42.5 Å². The van der Waals surface area contributed by atoms with Crippen molar-refractivity contribution in [3.63, 3.8) is 0 Å². The number of pyridine rings is 1. The van der Waals surface area contributed by atoms with Crippen LogP contribution in [0.2, 0.25) is 0 Å². The van der Waals surface area contributed by atoms with Gasteiger partial charge in [0.05, 0.1) is 42.2 Å². The molecule has 1 saturated heterocycles. The third-order valence-corrected chi connectivity index (χ3v) is 9.53. The topological polar surface area (TPSA) is 93.4 Å². The number of nitrogens with zero attached hydrogens (tertiary/aromatic N) is 7. The van der Waals surface area contributed by atoms with Gasteiger partial charge in [-0.2, -0.15) is 15.2 Å². The Kier molecular flexibility index (Phi) is 6.04. The number of benzene rings is 1. The van der Waals surface area contributed by atoms with Crippen molar-refractivity contribution in [3.05, 3.63) is 59.3 Å². The molecule has 9 nitrogen and oxygen atoms in total. The third-order valence-electron chi connectivity index (χ3n) is 9.53. The molecule has 5 heterocycles. The molecule has 40 heavy (non-hydrogen) atoms. The van der Waals surface area contributed by atoms with Gasteiger partial charge in [-0.15, -0.1) is 0 Å². The summed E-state index contributed by atoms with van der Waals surface area (Å²) in [6, 6.07) is 9.11. The summed E-state index contributed by atoms with van der Waals surface area (Å²) >= 11 is 0. The van der Waals surface area contributed by atoms with Crippen LogP contribution in [0.25, 0.3) is 10.8 Å². The van der Waals surface area contributed by atoms with Crippen LogP contribution in [0.1, 0.15) is 43.0 Å². The quantitative estimate of drug-likeness (QED) is 0.521. The van der Waals surface area contributed by atoms with Crippen LogP contribution >= 0.6 is 0 Å². The fourth-order valence-corrected chi connectivity index (χ4v) is 7.34. The first-order valence-corrected chi connectivity index (χ1v) is 14.4. The fraction of sp³-hybridized carbons (Fsp3) is 0.484. The predicted octanol–water partition coefficient (Wildman–Crippen LogP) is 3.92. The molecule has 9 heteroatoms. The Labute approximate surface area is 235 Å². The van der Waals surface area contributed by atoms with E-state index in [1.165, 1.54) is 22.9 Å². The second-order valence-electron chi connectivity index (χ2n) is 11.7. The number of likely N-dealkylation sites (N-methyl/N-ethyl adjacent to an activating group) is 1. The van der Waals surface area contributed by atoms with Gasteiger partial charge in [0.2, 0.25) is 0 Å². The van der Waals surface area contributed by atoms with Gasteiger partial charge in [0.1, 0.15) is 11.9 Å². The zero-order valence-electron chi connectivity index (χ0n) is 23.5. The van der Waals surface area contributed by atoms with E-state index >= 15 is 0 Å². The van der Waals surface area contributed by atoms with E-state index in [0.717, 1.165) is 67.3 Å². The Morgan fingerprint density at radius 2 is 2.10 bits per heavy atom. The zero-order chi connectivity index (χ0) is 27.4. The summed E-state index contributed by atoms with van der Waals surface area (Å²) in [6.45, 7) is 8.63. The maximum absolute atomic E-state index is 9.29. The number of nitriles is 1. The van der Waals surface area contributed by atoms with E-state index in [-0.39, 0.29) is 11.6 Å². The zero-order valence-corrected chi connectivity index (χ0v) is 23.5. The molecule has 4 aliphatic rings. The highest BCUT2D eigenvalue weighted by atomic mass is 16.5. The predicted molar refractivity (Wildman–Crippen MR) is 155 cm³/mol. The molecule has 2 fully saturated rings. The van der Waals surface area contributed by atoms with E-state index in [9.17, 15) is 5.26 Å². The first-order chi connectivity index (χ1) is 19.5. The van der Waals surface area contributed by atoms with Gasteiger partial charge in [0.15, 0.2) is 0 Å². The SMILES string of the molecule is Cc1cccc2cncc(N3CCc4c(nc(OC5[C@H](C)C56CCCN6C)nc4N4C=C(CC#N)NCC4)C3)c12. The van der Waals surface area contributed by atoms with Crippen LogP contribution < -0.4 is 19.9 Å². The summed E-state index contributed by atoms with van der Waals surface area (Å²) in [5, 5.41) is 15.0. The summed E-state index contributed by atoms with van der Waals surface area (Å²) in [5.74, 6) is 1.36. The summed E-state index contributed by atoms with van der Waals surface area (Å²) < 4.78 is 6.64. The van der Waals surface area contributed by atoms with Crippen molar-refractivity contribution in [2.45, 2.75) is 57.7 Å². The fourth-order valence-electron chi connectivity index (χ4n) is 7.34. The number of ether oxygens (including phenoxy) is 1. The number of nitrogens with one attached hydrogen (secondary N) is 1. The molecule has 3 aromatic rings. The van der Waals surface area contributed by atoms with Crippen LogP contribution in [-0.2, 0) is 13.0 Å². The Hall–Kier alpha value is -3.90. The third kappa shape index (κ3) is 3.96. The van der Waals surface area contributed by atoms with Crippen LogP contribution in [0, 0.1) is 24.2 Å². The molecule has 206 valence electrons. The molecule has 0 bridgehead atoms. The standard InChI is InChI=1S/C31H36N8O/c1-20-6-4-7-22-16-33-17-26(27(20)22)38-14-9-24-25(19-38)35-30(40-28-21(2)31(28)10-5-13-37(31)3)36-29(24)39-15-12-34-23(18-39)8-11-32/h4,6-7,16-18,21,28,34H,5,8-10,12-15,19H2,1-3H3/t21-,28?,31?/m0/s1. The van der Waals surface area contributed by atoms with E-state index in [1.807, 2.05) is 18.6 Å². The number of anilines is 2. The molecule has 2 aromatic heterocycles. The second kappa shape index (κ2) is 9.63. The molecule has 1 N–H and O–H groups in total. The largest absolute Gasteiger partial charge is 0.458 e. The van der Waals surface area contributed by atoms with Gasteiger partial charge in [-0.25, -0.2) is 0 Å². The number of fused-ring (bicyclic) bond motifs is 2. The summed E-state index contributed by atoms with van der Waals surface area (Å²) in [7, 11) is 2.21. The molecule has 3 aliphatic heterocycles. The minimum absolute atomic E-state index is 0.100. The van der Waals surface area contributed by atoms with E-state index in [2.05, 4.69) is 70.2 Å². The van der Waals surface area contributed by atoms with Crippen LogP contribution in [-0.4, -0.2) is 64.7 Å². The molecular formula is C31H36N8O. The Balaban J connectivity index is 1.27. The number of likely N-dealkylation sites (tertiary alicyclic amines) is 1. The summed E-state index contributed by atoms with van der Waals surface area (Å²) in [5.41, 5.74) is 5.59. The normalized spacial score (nSPS) is 25.9. The van der Waals surface area contributed by atoms with Crippen molar-refractivity contribution in [2.75, 3.05) is 43.0 Å². The molecule has 0 radical (unpaired) electrons. The number of hydrogen-bond donors (Lipinski definition) is 1. The van der Waals surface area contributed by atoms with Crippen molar-refractivity contribution >= 4 is 22.3 Å². The number of hydrogen-bond acceptors (Lipinski definition) is 9. The first kappa shape index (κ1) is 25.1. The van der Waals surface area contributed by atoms with Gasteiger partial charge >= 0.3 is 6.01 Å². The van der Waals surface area contributed by atoms with Gasteiger partial charge in [-0.1, -0.05) is 25.1 Å². The number of rotatable bonds is 5. The van der Waals surface area contributed by atoms with E-state index in [4.69, 9.17) is 14.7 Å². The lowest BCUT2D eigenvalue weighted by Gasteiger charge is -2.34. The molecule has 7 rings (SSSR count). The van der Waals surface area contributed by atoms with E-state index in [1.54, 1.807) is 0 Å². The monoisotopic (exact) mass is 536 g/mol. The van der Waals surface area contributed by atoms with Crippen LogP contribution in [0.5, 0.6) is 6.01 Å². The molecule has 1 aliphatic carbocycles. The van der Waals surface area contributed by atoms with Gasteiger partial charge in [0, 0.05) is 60.0 Å². The molecule has 3 atom stereocenters. The Morgan fingerprint density at radius 3 is 2.92 bits per heavy atom. The van der Waals surface area contributed by atoms with Gasteiger partial charge < -0.3 is 19.9 Å². The van der Waals surface area contributed by atoms with Gasteiger partial charge in [-0.3, -0.25) is 9.88 Å². The highest BCUT2D eigenvalue weighted by Crippen LogP contribution is 2.55. The maximum atomic E-state index is 9.29. The highest BCUT2D eigenvalue weighted by Gasteiger charge is 2.68. The summed E-state index contributed by atoms with van der Waals surface area (Å²) in [4.78, 5) is 21.7. The molecule has 1 aromatic carbocycles. The van der Waals surface area contributed by atoms with Crippen molar-refractivity contribution in [1.82, 2.24) is 25.2 Å². The molecule has 2 unspecified atom stereocenters. The van der Waals surface area contributed by atoms with Crippen molar-refractivity contribution in [1.29, 1.82) is 5.26 Å². The Morgan fingerprint density at radius 1 is 1.20 bits per heavy atom. The number of aryl methyl sites for hydroxylation is 1. The molecule has 1 spiro atoms. The smallest absolute Gasteiger partial charge is 0.319 e. The first-order valence-electron chi connectivity index (χ1n) is 14.4. The average Bonchev–Trinajstić information content (AvgIpc) is 3.31. The van der Waals surface area contributed by atoms with Crippen LogP contribution in [0.3, 0.4) is 0 Å². The molecule has 0 amide bonds. The van der Waals surface area contributed by atoms with Gasteiger partial charge in [0.25, 0.3) is 0 Å². The highest BCUT2D eigenvalue weighted by molar-refractivity contribution is 5.96. The molecule has 1 saturated carbocycles. The minimum atomic E-state index is 0.100. The lowest BCUT2D eigenvalue weighted by molar-refractivity contribution is 0.184. The lowest BCUT2D eigenvalue weighted by atomic mass is 10.0. The van der Waals surface area contributed by atoms with Crippen molar-refractivity contribution in [3.8, 4) is 12.1 Å².